The van der Waals surface area contributed by atoms with Crippen molar-refractivity contribution in [2.45, 2.75) is 0 Å². The summed E-state index contributed by atoms with van der Waals surface area (Å²) in [5.74, 6) is 0.910. The number of nitrogen functional groups attached to an aromatic ring is 1. The number of fused-ring (bicyclic) bond motifs is 1. The van der Waals surface area contributed by atoms with Crippen LogP contribution in [-0.4, -0.2) is 95.2 Å². The van der Waals surface area contributed by atoms with Crippen LogP contribution in [0.5, 0.6) is 0 Å². The van der Waals surface area contributed by atoms with Crippen molar-refractivity contribution in [3.8, 4) is 11.3 Å². The first-order valence-corrected chi connectivity index (χ1v) is 10.8. The molecule has 4 heterocycles. The van der Waals surface area contributed by atoms with Crippen LogP contribution in [-0.2, 0) is 4.74 Å². The number of nitrogens with zero attached hydrogens (tertiary/aromatic N) is 7. The third-order valence-electron chi connectivity index (χ3n) is 5.93. The topological polar surface area (TPSA) is 114 Å². The van der Waals surface area contributed by atoms with E-state index in [-0.39, 0.29) is 11.9 Å². The van der Waals surface area contributed by atoms with Crippen molar-refractivity contribution in [3.05, 3.63) is 36.0 Å². The molecule has 2 N–H and O–H groups in total. The van der Waals surface area contributed by atoms with Crippen LogP contribution in [0.2, 0.25) is 0 Å². The predicted octanol–water partition coefficient (Wildman–Crippen LogP) is 0.893. The largest absolute Gasteiger partial charge is 0.378 e. The average molecular weight is 435 g/mol. The van der Waals surface area contributed by atoms with Gasteiger partial charge >= 0.3 is 0 Å². The smallest absolute Gasteiger partial charge is 0.253 e. The highest BCUT2D eigenvalue weighted by atomic mass is 16.5. The van der Waals surface area contributed by atoms with E-state index in [2.05, 4.69) is 31.8 Å². The van der Waals surface area contributed by atoms with Crippen LogP contribution in [0.25, 0.3) is 22.4 Å². The lowest BCUT2D eigenvalue weighted by atomic mass is 10.1. The molecule has 166 valence electrons. The molecule has 2 aliphatic heterocycles. The molecule has 2 aliphatic rings. The minimum atomic E-state index is 0.0627. The Morgan fingerprint density at radius 1 is 0.969 bits per heavy atom. The molecule has 1 amide bonds. The van der Waals surface area contributed by atoms with E-state index in [1.807, 2.05) is 29.2 Å². The maximum atomic E-state index is 12.8. The number of morpholine rings is 1. The summed E-state index contributed by atoms with van der Waals surface area (Å²) < 4.78 is 5.45. The average Bonchev–Trinajstić information content (AvgIpc) is 2.84. The van der Waals surface area contributed by atoms with Gasteiger partial charge in [-0.2, -0.15) is 9.97 Å². The molecule has 10 nitrogen and oxygen atoms in total. The Morgan fingerprint density at radius 3 is 2.41 bits per heavy atom. The normalized spacial score (nSPS) is 17.7. The Balaban J connectivity index is 1.43. The van der Waals surface area contributed by atoms with Gasteiger partial charge in [0, 0.05) is 50.4 Å². The van der Waals surface area contributed by atoms with Crippen LogP contribution in [0.15, 0.2) is 30.5 Å². The molecular formula is C22H26N8O2. The number of hydrogen-bond acceptors (Lipinski definition) is 9. The van der Waals surface area contributed by atoms with E-state index in [9.17, 15) is 4.79 Å². The fourth-order valence-electron chi connectivity index (χ4n) is 4.02. The Labute approximate surface area is 186 Å². The van der Waals surface area contributed by atoms with Gasteiger partial charge in [-0.05, 0) is 19.2 Å². The SMILES string of the molecule is CN1CCN(C(=O)c2ccc(-c3cnc4nc(N)nc(N5CCOCC5)c4n3)cc2)CC1. The lowest BCUT2D eigenvalue weighted by Gasteiger charge is -2.32. The molecule has 0 radical (unpaired) electrons. The van der Waals surface area contributed by atoms with Gasteiger partial charge in [-0.15, -0.1) is 0 Å². The Kier molecular flexibility index (Phi) is 5.54. The van der Waals surface area contributed by atoms with Gasteiger partial charge in [0.05, 0.1) is 25.1 Å². The Morgan fingerprint density at radius 2 is 1.69 bits per heavy atom. The molecule has 0 atom stereocenters. The summed E-state index contributed by atoms with van der Waals surface area (Å²) in [6.07, 6.45) is 1.68. The van der Waals surface area contributed by atoms with E-state index in [0.29, 0.717) is 54.5 Å². The van der Waals surface area contributed by atoms with Crippen LogP contribution in [0.4, 0.5) is 11.8 Å². The monoisotopic (exact) mass is 434 g/mol. The Bertz CT molecular complexity index is 1120. The lowest BCUT2D eigenvalue weighted by molar-refractivity contribution is 0.0664. The molecule has 5 rings (SSSR count). The zero-order valence-electron chi connectivity index (χ0n) is 18.1. The standard InChI is InChI=1S/C22H26N8O2/c1-28-6-8-30(9-7-28)21(31)16-4-2-15(3-5-16)17-14-24-19-18(25-17)20(27-22(23)26-19)29-10-12-32-13-11-29/h2-5,14H,6-13H2,1H3,(H2,23,24,26,27). The maximum Gasteiger partial charge on any atom is 0.253 e. The number of ether oxygens (including phenoxy) is 1. The molecular weight excluding hydrogens is 408 g/mol. The predicted molar refractivity (Wildman–Crippen MR) is 121 cm³/mol. The molecule has 10 heteroatoms. The van der Waals surface area contributed by atoms with Gasteiger partial charge in [-0.1, -0.05) is 12.1 Å². The molecule has 32 heavy (non-hydrogen) atoms. The van der Waals surface area contributed by atoms with Gasteiger partial charge in [-0.3, -0.25) is 4.79 Å². The number of amides is 1. The van der Waals surface area contributed by atoms with E-state index in [4.69, 9.17) is 15.5 Å². The zero-order chi connectivity index (χ0) is 22.1. The lowest BCUT2D eigenvalue weighted by Crippen LogP contribution is -2.47. The number of rotatable bonds is 3. The van der Waals surface area contributed by atoms with Crippen molar-refractivity contribution < 1.29 is 9.53 Å². The summed E-state index contributed by atoms with van der Waals surface area (Å²) in [5, 5.41) is 0. The molecule has 2 aromatic heterocycles. The third kappa shape index (κ3) is 4.06. The molecule has 0 aliphatic carbocycles. The van der Waals surface area contributed by atoms with Gasteiger partial charge in [0.2, 0.25) is 5.95 Å². The summed E-state index contributed by atoms with van der Waals surface area (Å²) in [6.45, 7) is 5.97. The first-order chi connectivity index (χ1) is 15.6. The van der Waals surface area contributed by atoms with E-state index < -0.39 is 0 Å². The van der Waals surface area contributed by atoms with Crippen molar-refractivity contribution in [3.63, 3.8) is 0 Å². The van der Waals surface area contributed by atoms with Crippen molar-refractivity contribution in [2.24, 2.45) is 0 Å². The number of benzene rings is 1. The van der Waals surface area contributed by atoms with Gasteiger partial charge in [0.1, 0.15) is 0 Å². The first kappa shape index (κ1) is 20.5. The van der Waals surface area contributed by atoms with E-state index >= 15 is 0 Å². The van der Waals surface area contributed by atoms with Crippen molar-refractivity contribution >= 4 is 28.8 Å². The van der Waals surface area contributed by atoms with Crippen LogP contribution in [0.3, 0.4) is 0 Å². The second-order valence-electron chi connectivity index (χ2n) is 8.11. The van der Waals surface area contributed by atoms with Crippen LogP contribution < -0.4 is 10.6 Å². The quantitative estimate of drug-likeness (QED) is 0.642. The third-order valence-corrected chi connectivity index (χ3v) is 5.93. The van der Waals surface area contributed by atoms with Gasteiger partial charge in [0.15, 0.2) is 17.0 Å². The van der Waals surface area contributed by atoms with E-state index in [0.717, 1.165) is 31.7 Å². The highest BCUT2D eigenvalue weighted by Crippen LogP contribution is 2.26. The van der Waals surface area contributed by atoms with Crippen molar-refractivity contribution in [1.82, 2.24) is 29.7 Å². The van der Waals surface area contributed by atoms with Crippen LogP contribution in [0, 0.1) is 0 Å². The maximum absolute atomic E-state index is 12.8. The number of carbonyl (C=O) groups excluding carboxylic acids is 1. The molecule has 2 saturated heterocycles. The number of anilines is 2. The summed E-state index contributed by atoms with van der Waals surface area (Å²) in [6, 6.07) is 7.52. The fraction of sp³-hybridized carbons (Fsp3) is 0.409. The number of nitrogens with two attached hydrogens (primary N) is 1. The van der Waals surface area contributed by atoms with Crippen LogP contribution in [0.1, 0.15) is 10.4 Å². The van der Waals surface area contributed by atoms with Gasteiger partial charge in [0.25, 0.3) is 5.91 Å². The first-order valence-electron chi connectivity index (χ1n) is 10.8. The molecule has 2 fully saturated rings. The second kappa shape index (κ2) is 8.64. The summed E-state index contributed by atoms with van der Waals surface area (Å²) in [7, 11) is 2.07. The molecule has 3 aromatic rings. The molecule has 0 unspecified atom stereocenters. The fourth-order valence-corrected chi connectivity index (χ4v) is 4.02. The Hall–Kier alpha value is -3.37. The van der Waals surface area contributed by atoms with Crippen molar-refractivity contribution in [1.29, 1.82) is 0 Å². The minimum absolute atomic E-state index is 0.0627. The minimum Gasteiger partial charge on any atom is -0.378 e. The van der Waals surface area contributed by atoms with Gasteiger partial charge in [-0.25, -0.2) is 9.97 Å². The van der Waals surface area contributed by atoms with Gasteiger partial charge < -0.3 is 25.2 Å². The van der Waals surface area contributed by atoms with E-state index in [1.165, 1.54) is 0 Å². The summed E-state index contributed by atoms with van der Waals surface area (Å²) in [4.78, 5) is 37.0. The number of carbonyl (C=O) groups is 1. The van der Waals surface area contributed by atoms with Crippen LogP contribution >= 0.6 is 0 Å². The summed E-state index contributed by atoms with van der Waals surface area (Å²) in [5.41, 5.74) is 9.22. The number of hydrogen-bond donors (Lipinski definition) is 1. The molecule has 1 aromatic carbocycles. The van der Waals surface area contributed by atoms with E-state index in [1.54, 1.807) is 6.20 Å². The highest BCUT2D eigenvalue weighted by Gasteiger charge is 2.21. The number of piperazine rings is 1. The molecule has 0 bridgehead atoms. The number of likely N-dealkylation sites (N-methyl/N-ethyl adjacent to an activating group) is 1. The molecule has 0 saturated carbocycles. The zero-order valence-corrected chi connectivity index (χ0v) is 18.1. The highest BCUT2D eigenvalue weighted by molar-refractivity contribution is 5.95. The molecule has 0 spiro atoms. The number of aromatic nitrogens is 4. The summed E-state index contributed by atoms with van der Waals surface area (Å²) >= 11 is 0. The second-order valence-corrected chi connectivity index (χ2v) is 8.11. The van der Waals surface area contributed by atoms with Crippen molar-refractivity contribution in [2.75, 3.05) is 70.2 Å².